The lowest BCUT2D eigenvalue weighted by Gasteiger charge is -2.38. The van der Waals surface area contributed by atoms with E-state index in [-0.39, 0.29) is 17.9 Å². The molecule has 18 heavy (non-hydrogen) atoms. The Bertz CT molecular complexity index is 339. The van der Waals surface area contributed by atoms with Crippen LogP contribution in [-0.2, 0) is 9.59 Å². The number of carbonyl (C=O) groups excluding carboxylic acids is 2. The molecule has 1 saturated heterocycles. The van der Waals surface area contributed by atoms with Crippen LogP contribution in [0.1, 0.15) is 39.5 Å². The second-order valence-corrected chi connectivity index (χ2v) is 5.76. The summed E-state index contributed by atoms with van der Waals surface area (Å²) in [6, 6.07) is -0.0851. The summed E-state index contributed by atoms with van der Waals surface area (Å²) >= 11 is 0. The predicted molar refractivity (Wildman–Crippen MR) is 68.7 cm³/mol. The third kappa shape index (κ3) is 2.83. The number of likely N-dealkylation sites (tertiary alicyclic amines) is 1. The molecule has 0 radical (unpaired) electrons. The highest BCUT2D eigenvalue weighted by Gasteiger charge is 2.38. The number of carbonyl (C=O) groups is 2. The highest BCUT2D eigenvalue weighted by Crippen LogP contribution is 2.24. The molecule has 2 unspecified atom stereocenters. The average Bonchev–Trinajstić information content (AvgIpc) is 3.06. The number of rotatable bonds is 5. The third-order valence-corrected chi connectivity index (χ3v) is 3.75. The normalized spacial score (nSPS) is 26.5. The van der Waals surface area contributed by atoms with Gasteiger partial charge in [-0.1, -0.05) is 13.8 Å². The Labute approximate surface area is 108 Å². The molecule has 102 valence electrons. The van der Waals surface area contributed by atoms with Gasteiger partial charge < -0.3 is 16.0 Å². The Morgan fingerprint density at radius 3 is 2.56 bits per heavy atom. The van der Waals surface area contributed by atoms with Gasteiger partial charge in [-0.05, 0) is 31.6 Å². The molecule has 1 aliphatic heterocycles. The summed E-state index contributed by atoms with van der Waals surface area (Å²) in [6.07, 6.45) is 4.13. The monoisotopic (exact) mass is 253 g/mol. The fraction of sp³-hybridized carbons (Fsp3) is 0.846. The summed E-state index contributed by atoms with van der Waals surface area (Å²) in [5, 5.41) is 3.36. The number of nitrogens with two attached hydrogens (primary N) is 1. The van der Waals surface area contributed by atoms with Gasteiger partial charge in [0.05, 0.1) is 6.04 Å². The fourth-order valence-corrected chi connectivity index (χ4v) is 2.71. The van der Waals surface area contributed by atoms with E-state index in [1.54, 1.807) is 4.90 Å². The summed E-state index contributed by atoms with van der Waals surface area (Å²) in [4.78, 5) is 25.6. The summed E-state index contributed by atoms with van der Waals surface area (Å²) in [5.41, 5.74) is 5.44. The Kier molecular flexibility index (Phi) is 3.90. The van der Waals surface area contributed by atoms with Crippen LogP contribution in [0.25, 0.3) is 0 Å². The molecule has 0 bridgehead atoms. The van der Waals surface area contributed by atoms with E-state index in [1.807, 2.05) is 13.8 Å². The molecule has 2 rings (SSSR count). The van der Waals surface area contributed by atoms with E-state index in [0.717, 1.165) is 25.7 Å². The largest absolute Gasteiger partial charge is 0.368 e. The topological polar surface area (TPSA) is 75.4 Å². The molecule has 1 heterocycles. The highest BCUT2D eigenvalue weighted by molar-refractivity contribution is 5.89. The van der Waals surface area contributed by atoms with Crippen LogP contribution in [-0.4, -0.2) is 41.4 Å². The van der Waals surface area contributed by atoms with Crippen LogP contribution in [0.4, 0.5) is 0 Å². The molecule has 1 saturated carbocycles. The Morgan fingerprint density at radius 1 is 1.39 bits per heavy atom. The van der Waals surface area contributed by atoms with Crippen molar-refractivity contribution in [3.8, 4) is 0 Å². The predicted octanol–water partition coefficient (Wildman–Crippen LogP) is 0.239. The van der Waals surface area contributed by atoms with Gasteiger partial charge in [-0.2, -0.15) is 0 Å². The molecule has 1 aliphatic carbocycles. The molecule has 2 fully saturated rings. The van der Waals surface area contributed by atoms with E-state index in [4.69, 9.17) is 5.73 Å². The quantitative estimate of drug-likeness (QED) is 0.737. The number of primary amides is 1. The van der Waals surface area contributed by atoms with Crippen molar-refractivity contribution in [1.82, 2.24) is 10.2 Å². The number of hydrogen-bond donors (Lipinski definition) is 2. The lowest BCUT2D eigenvalue weighted by Crippen LogP contribution is -2.59. The molecule has 2 amide bonds. The Balaban J connectivity index is 2.05. The van der Waals surface area contributed by atoms with Crippen LogP contribution in [0.3, 0.4) is 0 Å². The van der Waals surface area contributed by atoms with Gasteiger partial charge in [0.1, 0.15) is 6.04 Å². The van der Waals surface area contributed by atoms with Gasteiger partial charge in [0, 0.05) is 12.6 Å². The lowest BCUT2D eigenvalue weighted by atomic mass is 9.96. The van der Waals surface area contributed by atoms with E-state index in [9.17, 15) is 9.59 Å². The van der Waals surface area contributed by atoms with Gasteiger partial charge in [0.2, 0.25) is 11.8 Å². The minimum Gasteiger partial charge on any atom is -0.368 e. The van der Waals surface area contributed by atoms with Gasteiger partial charge in [-0.15, -0.1) is 0 Å². The molecule has 0 aromatic carbocycles. The van der Waals surface area contributed by atoms with E-state index in [2.05, 4.69) is 5.32 Å². The fourth-order valence-electron chi connectivity index (χ4n) is 2.71. The maximum absolute atomic E-state index is 12.4. The summed E-state index contributed by atoms with van der Waals surface area (Å²) in [5.74, 6) is -0.290. The van der Waals surface area contributed by atoms with Gasteiger partial charge in [-0.3, -0.25) is 9.59 Å². The van der Waals surface area contributed by atoms with Crippen LogP contribution >= 0.6 is 0 Å². The van der Waals surface area contributed by atoms with E-state index < -0.39 is 11.9 Å². The Morgan fingerprint density at radius 2 is 2.06 bits per heavy atom. The second-order valence-electron chi connectivity index (χ2n) is 5.76. The SMILES string of the molecule is CC(C)C(C(N)=O)N1CCCC(NC2CC2)C1=O. The zero-order valence-corrected chi connectivity index (χ0v) is 11.2. The van der Waals surface area contributed by atoms with E-state index in [1.165, 1.54) is 0 Å². The molecule has 0 spiro atoms. The van der Waals surface area contributed by atoms with Crippen molar-refractivity contribution >= 4 is 11.8 Å². The number of hydrogen-bond acceptors (Lipinski definition) is 3. The van der Waals surface area contributed by atoms with Crippen molar-refractivity contribution in [2.24, 2.45) is 11.7 Å². The third-order valence-electron chi connectivity index (χ3n) is 3.75. The molecular weight excluding hydrogens is 230 g/mol. The first-order chi connectivity index (χ1) is 8.50. The zero-order chi connectivity index (χ0) is 13.3. The maximum atomic E-state index is 12.4. The summed E-state index contributed by atoms with van der Waals surface area (Å²) in [6.45, 7) is 4.51. The summed E-state index contributed by atoms with van der Waals surface area (Å²) < 4.78 is 0. The summed E-state index contributed by atoms with van der Waals surface area (Å²) in [7, 11) is 0. The van der Waals surface area contributed by atoms with Gasteiger partial charge in [-0.25, -0.2) is 0 Å². The van der Waals surface area contributed by atoms with Crippen LogP contribution in [0.5, 0.6) is 0 Å². The van der Waals surface area contributed by atoms with Crippen LogP contribution in [0.2, 0.25) is 0 Å². The standard InChI is InChI=1S/C13H23N3O2/c1-8(2)11(12(14)17)16-7-3-4-10(13(16)18)15-9-5-6-9/h8-11,15H,3-7H2,1-2H3,(H2,14,17). The van der Waals surface area contributed by atoms with Crippen molar-refractivity contribution in [2.75, 3.05) is 6.54 Å². The van der Waals surface area contributed by atoms with Crippen molar-refractivity contribution < 1.29 is 9.59 Å². The highest BCUT2D eigenvalue weighted by atomic mass is 16.2. The molecular formula is C13H23N3O2. The van der Waals surface area contributed by atoms with Gasteiger partial charge in [0.25, 0.3) is 0 Å². The van der Waals surface area contributed by atoms with Crippen molar-refractivity contribution in [3.05, 3.63) is 0 Å². The lowest BCUT2D eigenvalue weighted by molar-refractivity contribution is -0.145. The first kappa shape index (κ1) is 13.3. The molecule has 5 nitrogen and oxygen atoms in total. The minimum absolute atomic E-state index is 0.0469. The maximum Gasteiger partial charge on any atom is 0.240 e. The zero-order valence-electron chi connectivity index (χ0n) is 11.2. The first-order valence-corrected chi connectivity index (χ1v) is 6.86. The smallest absolute Gasteiger partial charge is 0.240 e. The minimum atomic E-state index is -0.471. The number of nitrogens with one attached hydrogen (secondary N) is 1. The van der Waals surface area contributed by atoms with E-state index in [0.29, 0.717) is 12.6 Å². The van der Waals surface area contributed by atoms with Crippen LogP contribution < -0.4 is 11.1 Å². The molecule has 2 atom stereocenters. The molecule has 3 N–H and O–H groups in total. The van der Waals surface area contributed by atoms with Crippen molar-refractivity contribution in [1.29, 1.82) is 0 Å². The van der Waals surface area contributed by atoms with Gasteiger partial charge >= 0.3 is 0 Å². The van der Waals surface area contributed by atoms with Crippen LogP contribution in [0, 0.1) is 5.92 Å². The number of nitrogens with zero attached hydrogens (tertiary/aromatic N) is 1. The number of amides is 2. The molecule has 5 heteroatoms. The molecule has 0 aromatic rings. The average molecular weight is 253 g/mol. The Hall–Kier alpha value is -1.10. The van der Waals surface area contributed by atoms with Gasteiger partial charge in [0.15, 0.2) is 0 Å². The molecule has 0 aromatic heterocycles. The first-order valence-electron chi connectivity index (χ1n) is 6.86. The van der Waals surface area contributed by atoms with Crippen molar-refractivity contribution in [3.63, 3.8) is 0 Å². The van der Waals surface area contributed by atoms with Crippen molar-refractivity contribution in [2.45, 2.75) is 57.7 Å². The van der Waals surface area contributed by atoms with Crippen LogP contribution in [0.15, 0.2) is 0 Å². The van der Waals surface area contributed by atoms with E-state index >= 15 is 0 Å². The second kappa shape index (κ2) is 5.26. The number of piperidine rings is 1. The molecule has 2 aliphatic rings.